The van der Waals surface area contributed by atoms with E-state index in [0.29, 0.717) is 0 Å². The van der Waals surface area contributed by atoms with E-state index >= 15 is 0 Å². The van der Waals surface area contributed by atoms with Gasteiger partial charge in [-0.25, -0.2) is 0 Å². The van der Waals surface area contributed by atoms with Gasteiger partial charge in [0.15, 0.2) is 5.71 Å². The predicted molar refractivity (Wildman–Crippen MR) is 87.4 cm³/mol. The summed E-state index contributed by atoms with van der Waals surface area (Å²) in [5, 5.41) is 2.76. The number of rotatable bonds is 3. The average Bonchev–Trinajstić information content (AvgIpc) is 2.65. The maximum atomic E-state index is 2.53. The van der Waals surface area contributed by atoms with E-state index in [-0.39, 0.29) is 29.4 Å². The molecular weight excluding hydrogens is 369 g/mol. The SMILES string of the molecule is CCCC[N+]1=C(C)C(C)(C)c2c1ccc1ccccc21.[I-]. The molecule has 21 heavy (non-hydrogen) atoms. The summed E-state index contributed by atoms with van der Waals surface area (Å²) in [7, 11) is 0. The number of fused-ring (bicyclic) bond motifs is 3. The van der Waals surface area contributed by atoms with E-state index in [4.69, 9.17) is 0 Å². The largest absolute Gasteiger partial charge is 1.00 e. The first-order chi connectivity index (χ1) is 9.57. The summed E-state index contributed by atoms with van der Waals surface area (Å²) in [5.41, 5.74) is 4.53. The van der Waals surface area contributed by atoms with E-state index in [1.807, 2.05) is 0 Å². The Morgan fingerprint density at radius 3 is 2.48 bits per heavy atom. The maximum Gasteiger partial charge on any atom is 0.210 e. The van der Waals surface area contributed by atoms with E-state index in [9.17, 15) is 0 Å². The van der Waals surface area contributed by atoms with E-state index in [0.717, 1.165) is 6.54 Å². The van der Waals surface area contributed by atoms with Crippen molar-refractivity contribution in [3.63, 3.8) is 0 Å². The van der Waals surface area contributed by atoms with Crippen LogP contribution in [0, 0.1) is 0 Å². The molecule has 1 heterocycles. The van der Waals surface area contributed by atoms with Gasteiger partial charge >= 0.3 is 0 Å². The van der Waals surface area contributed by atoms with Crippen LogP contribution in [0.3, 0.4) is 0 Å². The molecule has 1 aliphatic rings. The highest BCUT2D eigenvalue weighted by Crippen LogP contribution is 2.43. The van der Waals surface area contributed by atoms with Gasteiger partial charge in [-0.2, -0.15) is 4.58 Å². The highest BCUT2D eigenvalue weighted by Gasteiger charge is 2.43. The number of nitrogens with zero attached hydrogens (tertiary/aromatic N) is 1. The van der Waals surface area contributed by atoms with Crippen LogP contribution < -0.4 is 24.0 Å². The molecule has 3 rings (SSSR count). The van der Waals surface area contributed by atoms with E-state index in [1.54, 1.807) is 0 Å². The molecule has 0 spiro atoms. The lowest BCUT2D eigenvalue weighted by molar-refractivity contribution is -0.439. The monoisotopic (exact) mass is 393 g/mol. The molecule has 1 aliphatic heterocycles. The minimum absolute atomic E-state index is 0. The van der Waals surface area contributed by atoms with Crippen LogP contribution in [-0.4, -0.2) is 16.8 Å². The van der Waals surface area contributed by atoms with Crippen molar-refractivity contribution in [3.8, 4) is 0 Å². The summed E-state index contributed by atoms with van der Waals surface area (Å²) >= 11 is 0. The molecule has 1 nitrogen and oxygen atoms in total. The zero-order valence-corrected chi connectivity index (χ0v) is 15.6. The first kappa shape index (κ1) is 16.5. The molecule has 0 atom stereocenters. The third-order valence-electron chi connectivity index (χ3n) is 4.87. The normalized spacial score (nSPS) is 16.0. The van der Waals surface area contributed by atoms with Gasteiger partial charge in [0.05, 0.1) is 5.41 Å². The van der Waals surface area contributed by atoms with Crippen molar-refractivity contribution in [3.05, 3.63) is 42.0 Å². The second-order valence-corrected chi connectivity index (χ2v) is 6.40. The summed E-state index contributed by atoms with van der Waals surface area (Å²) in [6.07, 6.45) is 2.49. The van der Waals surface area contributed by atoms with Gasteiger partial charge < -0.3 is 24.0 Å². The molecule has 112 valence electrons. The zero-order valence-electron chi connectivity index (χ0n) is 13.4. The van der Waals surface area contributed by atoms with Crippen molar-refractivity contribution >= 4 is 22.2 Å². The van der Waals surface area contributed by atoms with Crippen molar-refractivity contribution in [2.45, 2.75) is 46.0 Å². The first-order valence-corrected chi connectivity index (χ1v) is 7.71. The fraction of sp³-hybridized carbons (Fsp3) is 0.421. The Bertz CT molecular complexity index is 698. The molecule has 0 aromatic heterocycles. The van der Waals surface area contributed by atoms with Gasteiger partial charge in [0.2, 0.25) is 5.69 Å². The van der Waals surface area contributed by atoms with Crippen molar-refractivity contribution in [1.82, 2.24) is 0 Å². The van der Waals surface area contributed by atoms with Crippen LogP contribution >= 0.6 is 0 Å². The zero-order chi connectivity index (χ0) is 14.3. The van der Waals surface area contributed by atoms with Gasteiger partial charge in [0, 0.05) is 25.0 Å². The van der Waals surface area contributed by atoms with Gasteiger partial charge in [0.1, 0.15) is 6.54 Å². The summed E-state index contributed by atoms with van der Waals surface area (Å²) in [6.45, 7) is 10.4. The molecule has 0 fully saturated rings. The Morgan fingerprint density at radius 1 is 1.05 bits per heavy atom. The van der Waals surface area contributed by atoms with Crippen molar-refractivity contribution < 1.29 is 28.6 Å². The minimum atomic E-state index is 0. The minimum Gasteiger partial charge on any atom is -1.00 e. The van der Waals surface area contributed by atoms with Crippen LogP contribution in [0.15, 0.2) is 36.4 Å². The molecule has 2 aromatic rings. The number of halogens is 1. The lowest BCUT2D eigenvalue weighted by Gasteiger charge is -2.17. The lowest BCUT2D eigenvalue weighted by atomic mass is 9.80. The van der Waals surface area contributed by atoms with Gasteiger partial charge in [0.25, 0.3) is 0 Å². The topological polar surface area (TPSA) is 3.01 Å². The lowest BCUT2D eigenvalue weighted by Crippen LogP contribution is -3.00. The average molecular weight is 393 g/mol. The van der Waals surface area contributed by atoms with Crippen LogP contribution in [0.5, 0.6) is 0 Å². The number of unbranched alkanes of at least 4 members (excludes halogenated alkanes) is 1. The van der Waals surface area contributed by atoms with Crippen LogP contribution in [0.2, 0.25) is 0 Å². The molecule has 0 N–H and O–H groups in total. The van der Waals surface area contributed by atoms with Gasteiger partial charge in [-0.05, 0) is 30.7 Å². The second-order valence-electron chi connectivity index (χ2n) is 6.40. The highest BCUT2D eigenvalue weighted by molar-refractivity contribution is 6.01. The molecule has 0 saturated heterocycles. The Hall–Kier alpha value is -0.900. The molecule has 0 radical (unpaired) electrons. The summed E-state index contributed by atoms with van der Waals surface area (Å²) < 4.78 is 2.53. The molecule has 0 bridgehead atoms. The Morgan fingerprint density at radius 2 is 1.76 bits per heavy atom. The molecule has 0 saturated carbocycles. The number of benzene rings is 2. The Kier molecular flexibility index (Phi) is 4.76. The van der Waals surface area contributed by atoms with Crippen LogP contribution in [-0.2, 0) is 5.41 Å². The van der Waals surface area contributed by atoms with E-state index in [1.165, 1.54) is 40.6 Å². The molecule has 2 heteroatoms. The summed E-state index contributed by atoms with van der Waals surface area (Å²) in [6, 6.07) is 13.3. The van der Waals surface area contributed by atoms with Gasteiger partial charge in [-0.15, -0.1) is 0 Å². The van der Waals surface area contributed by atoms with Gasteiger partial charge in [-0.3, -0.25) is 0 Å². The van der Waals surface area contributed by atoms with Crippen molar-refractivity contribution in [2.75, 3.05) is 6.54 Å². The fourth-order valence-electron chi connectivity index (χ4n) is 3.45. The van der Waals surface area contributed by atoms with Crippen LogP contribution in [0.25, 0.3) is 10.8 Å². The summed E-state index contributed by atoms with van der Waals surface area (Å²) in [4.78, 5) is 0. The smallest absolute Gasteiger partial charge is 0.210 e. The second kappa shape index (κ2) is 6.07. The van der Waals surface area contributed by atoms with Crippen LogP contribution in [0.1, 0.15) is 46.1 Å². The standard InChI is InChI=1S/C19H24N.HI/c1-5-6-13-20-14(2)19(3,4)18-16-10-8-7-9-15(16)11-12-17(18)20;/h7-12H,5-6,13H2,1-4H3;1H/q+1;/p-1. The van der Waals surface area contributed by atoms with Crippen LogP contribution in [0.4, 0.5) is 5.69 Å². The Balaban J connectivity index is 0.00000161. The fourth-order valence-corrected chi connectivity index (χ4v) is 3.45. The molecule has 2 aromatic carbocycles. The van der Waals surface area contributed by atoms with E-state index < -0.39 is 0 Å². The third kappa shape index (κ3) is 2.52. The summed E-state index contributed by atoms with van der Waals surface area (Å²) in [5.74, 6) is 0. The Labute approximate surface area is 145 Å². The van der Waals surface area contributed by atoms with Crippen molar-refractivity contribution in [2.24, 2.45) is 0 Å². The quantitative estimate of drug-likeness (QED) is 0.555. The van der Waals surface area contributed by atoms with Gasteiger partial charge in [-0.1, -0.05) is 37.6 Å². The maximum absolute atomic E-state index is 2.53. The molecule has 0 aliphatic carbocycles. The number of hydrogen-bond acceptors (Lipinski definition) is 0. The third-order valence-corrected chi connectivity index (χ3v) is 4.87. The molecule has 0 amide bonds. The predicted octanol–water partition coefficient (Wildman–Crippen LogP) is 2.04. The number of hydrogen-bond donors (Lipinski definition) is 0. The molecular formula is C19H24IN. The van der Waals surface area contributed by atoms with E-state index in [2.05, 4.69) is 68.7 Å². The van der Waals surface area contributed by atoms with Crippen molar-refractivity contribution in [1.29, 1.82) is 0 Å². The molecule has 0 unspecified atom stereocenters. The first-order valence-electron chi connectivity index (χ1n) is 7.71. The highest BCUT2D eigenvalue weighted by atomic mass is 127.